The normalized spacial score (nSPS) is 11.3. The van der Waals surface area contributed by atoms with Crippen molar-refractivity contribution in [1.82, 2.24) is 0 Å². The molecule has 0 fully saturated rings. The third-order valence-corrected chi connectivity index (χ3v) is 3.37. The number of nitrogens with zero attached hydrogens (tertiary/aromatic N) is 1. The monoisotopic (exact) mass is 278 g/mol. The summed E-state index contributed by atoms with van der Waals surface area (Å²) < 4.78 is 0. The highest BCUT2D eigenvalue weighted by Gasteiger charge is 2.01. The number of hydrogen-bond acceptors (Lipinski definition) is 1. The van der Waals surface area contributed by atoms with Crippen molar-refractivity contribution >= 4 is 22.8 Å². The van der Waals surface area contributed by atoms with E-state index in [1.54, 1.807) is 0 Å². The SMILES string of the molecule is C=C(C)c1ccc(C)c(N=C(C)Nc2ccc(C)cc2)c1. The first-order valence-corrected chi connectivity index (χ1v) is 7.11. The van der Waals surface area contributed by atoms with E-state index in [4.69, 9.17) is 0 Å². The van der Waals surface area contributed by atoms with Gasteiger partial charge in [0.2, 0.25) is 0 Å². The first-order chi connectivity index (χ1) is 9.95. The molecule has 2 heteroatoms. The lowest BCUT2D eigenvalue weighted by Gasteiger charge is -2.09. The number of anilines is 1. The van der Waals surface area contributed by atoms with Gasteiger partial charge in [-0.25, -0.2) is 4.99 Å². The predicted octanol–water partition coefficient (Wildman–Crippen LogP) is 5.50. The van der Waals surface area contributed by atoms with E-state index >= 15 is 0 Å². The van der Waals surface area contributed by atoms with Crippen LogP contribution in [0.4, 0.5) is 11.4 Å². The molecular formula is C19H22N2. The molecule has 0 aliphatic rings. The summed E-state index contributed by atoms with van der Waals surface area (Å²) in [6.45, 7) is 12.1. The highest BCUT2D eigenvalue weighted by molar-refractivity contribution is 5.95. The summed E-state index contributed by atoms with van der Waals surface area (Å²) in [7, 11) is 0. The third-order valence-electron chi connectivity index (χ3n) is 3.37. The fourth-order valence-corrected chi connectivity index (χ4v) is 2.05. The molecule has 2 aromatic carbocycles. The number of hydrogen-bond donors (Lipinski definition) is 1. The van der Waals surface area contributed by atoms with Crippen LogP contribution in [0.3, 0.4) is 0 Å². The third kappa shape index (κ3) is 4.06. The standard InChI is InChI=1S/C19H22N2/c1-13(2)17-9-8-15(4)19(12-17)21-16(5)20-18-10-6-14(3)7-11-18/h6-12H,1H2,2-5H3,(H,20,21). The van der Waals surface area contributed by atoms with Crippen LogP contribution in [0.5, 0.6) is 0 Å². The quantitative estimate of drug-likeness (QED) is 0.582. The lowest BCUT2D eigenvalue weighted by atomic mass is 10.1. The minimum absolute atomic E-state index is 0.876. The summed E-state index contributed by atoms with van der Waals surface area (Å²) in [4.78, 5) is 4.68. The Kier molecular flexibility index (Phi) is 4.59. The van der Waals surface area contributed by atoms with Crippen molar-refractivity contribution in [3.63, 3.8) is 0 Å². The number of allylic oxidation sites excluding steroid dienone is 1. The highest BCUT2D eigenvalue weighted by atomic mass is 15.0. The molecule has 0 bridgehead atoms. The Bertz CT molecular complexity index is 679. The van der Waals surface area contributed by atoms with Gasteiger partial charge in [-0.15, -0.1) is 0 Å². The van der Waals surface area contributed by atoms with E-state index in [9.17, 15) is 0 Å². The summed E-state index contributed by atoms with van der Waals surface area (Å²) >= 11 is 0. The number of amidine groups is 1. The van der Waals surface area contributed by atoms with Crippen molar-refractivity contribution in [1.29, 1.82) is 0 Å². The average molecular weight is 278 g/mol. The topological polar surface area (TPSA) is 24.4 Å². The molecule has 0 amide bonds. The minimum atomic E-state index is 0.876. The molecule has 2 aromatic rings. The van der Waals surface area contributed by atoms with E-state index in [0.717, 1.165) is 33.9 Å². The molecule has 0 heterocycles. The van der Waals surface area contributed by atoms with Gasteiger partial charge in [0.15, 0.2) is 0 Å². The molecule has 0 saturated heterocycles. The van der Waals surface area contributed by atoms with Gasteiger partial charge in [-0.3, -0.25) is 0 Å². The lowest BCUT2D eigenvalue weighted by molar-refractivity contribution is 1.36. The second-order valence-electron chi connectivity index (χ2n) is 5.47. The largest absolute Gasteiger partial charge is 0.344 e. The summed E-state index contributed by atoms with van der Waals surface area (Å²) in [6, 6.07) is 14.5. The maximum Gasteiger partial charge on any atom is 0.103 e. The fourth-order valence-electron chi connectivity index (χ4n) is 2.05. The van der Waals surface area contributed by atoms with Gasteiger partial charge in [0.1, 0.15) is 5.84 Å². The molecule has 0 saturated carbocycles. The van der Waals surface area contributed by atoms with Gasteiger partial charge in [-0.1, -0.05) is 42.0 Å². The number of nitrogens with one attached hydrogen (secondary N) is 1. The molecule has 0 aliphatic heterocycles. The Labute approximate surface area is 127 Å². The van der Waals surface area contributed by atoms with Crippen LogP contribution in [0, 0.1) is 13.8 Å². The van der Waals surface area contributed by atoms with E-state index in [-0.39, 0.29) is 0 Å². The first-order valence-electron chi connectivity index (χ1n) is 7.11. The number of aliphatic imine (C=N–C) groups is 1. The summed E-state index contributed by atoms with van der Waals surface area (Å²) in [5.41, 5.74) is 6.62. The van der Waals surface area contributed by atoms with Gasteiger partial charge in [0, 0.05) is 5.69 Å². The van der Waals surface area contributed by atoms with E-state index in [1.165, 1.54) is 5.56 Å². The van der Waals surface area contributed by atoms with Crippen molar-refractivity contribution in [2.24, 2.45) is 4.99 Å². The molecule has 0 radical (unpaired) electrons. The van der Waals surface area contributed by atoms with Crippen LogP contribution in [0.25, 0.3) is 5.57 Å². The Hall–Kier alpha value is -2.35. The second kappa shape index (κ2) is 6.40. The fraction of sp³-hybridized carbons (Fsp3) is 0.211. The zero-order valence-electron chi connectivity index (χ0n) is 13.2. The van der Waals surface area contributed by atoms with Crippen molar-refractivity contribution in [3.05, 3.63) is 65.7 Å². The molecule has 0 spiro atoms. The molecule has 2 rings (SSSR count). The zero-order chi connectivity index (χ0) is 15.4. The molecule has 0 aliphatic carbocycles. The molecule has 0 atom stereocenters. The maximum absolute atomic E-state index is 4.68. The van der Waals surface area contributed by atoms with E-state index in [0.29, 0.717) is 0 Å². The van der Waals surface area contributed by atoms with Crippen LogP contribution in [-0.2, 0) is 0 Å². The first kappa shape index (κ1) is 15.0. The van der Waals surface area contributed by atoms with Crippen LogP contribution in [0.15, 0.2) is 54.0 Å². The Morgan fingerprint density at radius 3 is 2.29 bits per heavy atom. The minimum Gasteiger partial charge on any atom is -0.344 e. The van der Waals surface area contributed by atoms with Gasteiger partial charge in [0.05, 0.1) is 5.69 Å². The van der Waals surface area contributed by atoms with E-state index < -0.39 is 0 Å². The number of rotatable bonds is 3. The molecule has 1 N–H and O–H groups in total. The highest BCUT2D eigenvalue weighted by Crippen LogP contribution is 2.24. The Morgan fingerprint density at radius 2 is 1.67 bits per heavy atom. The summed E-state index contributed by atoms with van der Waals surface area (Å²) in [6.07, 6.45) is 0. The summed E-state index contributed by atoms with van der Waals surface area (Å²) in [5.74, 6) is 0.876. The van der Waals surface area contributed by atoms with Crippen molar-refractivity contribution in [2.45, 2.75) is 27.7 Å². The lowest BCUT2D eigenvalue weighted by Crippen LogP contribution is -2.06. The van der Waals surface area contributed by atoms with E-state index in [2.05, 4.69) is 73.2 Å². The molecule has 2 nitrogen and oxygen atoms in total. The Balaban J connectivity index is 2.24. The van der Waals surface area contributed by atoms with Crippen LogP contribution < -0.4 is 5.32 Å². The average Bonchev–Trinajstić information content (AvgIpc) is 2.43. The van der Waals surface area contributed by atoms with Gasteiger partial charge in [-0.2, -0.15) is 0 Å². The molecule has 0 aromatic heterocycles. The van der Waals surface area contributed by atoms with Gasteiger partial charge < -0.3 is 5.32 Å². The molecule has 0 unspecified atom stereocenters. The maximum atomic E-state index is 4.68. The van der Waals surface area contributed by atoms with Crippen LogP contribution in [0.1, 0.15) is 30.5 Å². The van der Waals surface area contributed by atoms with Crippen LogP contribution >= 0.6 is 0 Å². The van der Waals surface area contributed by atoms with Crippen molar-refractivity contribution in [3.8, 4) is 0 Å². The van der Waals surface area contributed by atoms with Crippen LogP contribution in [0.2, 0.25) is 0 Å². The second-order valence-corrected chi connectivity index (χ2v) is 5.47. The predicted molar refractivity (Wildman–Crippen MR) is 93.5 cm³/mol. The smallest absolute Gasteiger partial charge is 0.103 e. The van der Waals surface area contributed by atoms with Gasteiger partial charge >= 0.3 is 0 Å². The van der Waals surface area contributed by atoms with Crippen molar-refractivity contribution < 1.29 is 0 Å². The number of aryl methyl sites for hydroxylation is 2. The van der Waals surface area contributed by atoms with Crippen molar-refractivity contribution in [2.75, 3.05) is 5.32 Å². The Morgan fingerprint density at radius 1 is 1.00 bits per heavy atom. The zero-order valence-corrected chi connectivity index (χ0v) is 13.2. The van der Waals surface area contributed by atoms with E-state index in [1.807, 2.05) is 13.8 Å². The van der Waals surface area contributed by atoms with Gasteiger partial charge in [0.25, 0.3) is 0 Å². The number of benzene rings is 2. The molecular weight excluding hydrogens is 256 g/mol. The van der Waals surface area contributed by atoms with Crippen LogP contribution in [-0.4, -0.2) is 5.84 Å². The molecule has 108 valence electrons. The summed E-state index contributed by atoms with van der Waals surface area (Å²) in [5, 5.41) is 3.32. The molecule has 21 heavy (non-hydrogen) atoms. The van der Waals surface area contributed by atoms with Gasteiger partial charge in [-0.05, 0) is 57.0 Å².